The van der Waals surface area contributed by atoms with E-state index in [1.165, 1.54) is 42.2 Å². The number of aliphatic hydroxyl groups excluding tert-OH is 1. The summed E-state index contributed by atoms with van der Waals surface area (Å²) in [5, 5.41) is 23.3. The van der Waals surface area contributed by atoms with Gasteiger partial charge in [-0.25, -0.2) is 14.8 Å². The van der Waals surface area contributed by atoms with Gasteiger partial charge in [-0.05, 0) is 154 Å². The van der Waals surface area contributed by atoms with E-state index >= 15 is 0 Å². The number of aromatic nitrogens is 2. The summed E-state index contributed by atoms with van der Waals surface area (Å²) in [5.74, 6) is 0.514. The van der Waals surface area contributed by atoms with Gasteiger partial charge in [0.05, 0.1) is 56.2 Å². The molecule has 20 heteroatoms. The van der Waals surface area contributed by atoms with Crippen molar-refractivity contribution in [3.63, 3.8) is 0 Å². The molecule has 516 valence electrons. The van der Waals surface area contributed by atoms with E-state index in [0.29, 0.717) is 41.8 Å². The number of aliphatic hydroxyl groups is 1. The summed E-state index contributed by atoms with van der Waals surface area (Å²) in [6.07, 6.45) is 7.95. The van der Waals surface area contributed by atoms with Crippen molar-refractivity contribution in [2.45, 2.75) is 152 Å². The molecule has 0 aliphatic heterocycles. The SMILES string of the molecule is CCC(C)(C)N(C)C(=O)CN(CCO)CC(=O)N(C)C(C)(C)Cc1ccccc1.CCCCOc1cc(C(=O)NCCN(CC)CC)c2ccccc2n1.CCCCc1cc2ccccc2c(OCCN(C)C)n1.CCCNC(C)C(=O)Nc1c(C)csc1C(=O)OC.[HH]. The van der Waals surface area contributed by atoms with Crippen LogP contribution in [0.25, 0.3) is 21.7 Å². The minimum Gasteiger partial charge on any atom is -0.478 e. The lowest BCUT2D eigenvalue weighted by atomic mass is 9.93. The second-order valence-corrected chi connectivity index (χ2v) is 25.5. The van der Waals surface area contributed by atoms with Crippen molar-refractivity contribution in [2.75, 3.05) is 119 Å². The van der Waals surface area contributed by atoms with Gasteiger partial charge < -0.3 is 54.9 Å². The monoisotopic (exact) mass is 1310 g/mol. The summed E-state index contributed by atoms with van der Waals surface area (Å²) < 4.78 is 16.3. The maximum atomic E-state index is 12.9. The third-order valence-electron chi connectivity index (χ3n) is 16.3. The fourth-order valence-electron chi connectivity index (χ4n) is 9.44. The normalized spacial score (nSPS) is 11.6. The number of benzene rings is 3. The quantitative estimate of drug-likeness (QED) is 0.0219. The number of pyridine rings is 2. The molecule has 19 nitrogen and oxygen atoms in total. The summed E-state index contributed by atoms with van der Waals surface area (Å²) in [7, 11) is 9.02. The highest BCUT2D eigenvalue weighted by molar-refractivity contribution is 7.12. The molecule has 4 amide bonds. The molecule has 1 atom stereocenters. The number of amides is 4. The maximum absolute atomic E-state index is 12.9. The predicted octanol–water partition coefficient (Wildman–Crippen LogP) is 11.8. The smallest absolute Gasteiger partial charge is 0.350 e. The molecule has 0 spiro atoms. The molecule has 0 saturated heterocycles. The highest BCUT2D eigenvalue weighted by Gasteiger charge is 2.31. The van der Waals surface area contributed by atoms with Crippen LogP contribution in [-0.4, -0.2) is 200 Å². The standard InChI is InChI=1S/C23H39N3O3.C20H29N3O2.C17H24N2O.C13H20N2O3S.H2/c1-8-22(2,3)24(6)20(28)17-26(14-15-27)18-21(29)25(7)23(4,5)16-19-12-10-9-11-13-19;1-4-7-14-25-19-15-17(16-10-8-9-11-18(16)22-19)20(24)21-12-13-23(5-2)6-3;1-4-5-9-15-13-14-8-6-7-10-16(14)17(18-15)20-12-11-19(2)3;1-5-6-14-9(3)12(16)15-10-8(2)7-19-11(10)13(17)18-4;/h9-13,27H,8,14-18H2,1-7H3;8-11,15H,4-7,12-14H2,1-3H3,(H,21,24);6-8,10,13H,4-5,9,11-12H2,1-3H3;7,9,14H,5-6H2,1-4H3,(H,15,16);1H. The molecule has 1 unspecified atom stereocenters. The van der Waals surface area contributed by atoms with Gasteiger partial charge in [0.25, 0.3) is 5.91 Å². The van der Waals surface area contributed by atoms with Crippen LogP contribution in [-0.2, 0) is 32.0 Å². The lowest BCUT2D eigenvalue weighted by Gasteiger charge is -2.38. The Bertz CT molecular complexity index is 3200. The molecule has 4 N–H and O–H groups in total. The molecule has 0 aliphatic rings. The highest BCUT2D eigenvalue weighted by atomic mass is 32.1. The molecule has 3 aromatic carbocycles. The number of carbonyl (C=O) groups excluding carboxylic acids is 5. The molecule has 0 bridgehead atoms. The minimum absolute atomic E-state index is 0. The van der Waals surface area contributed by atoms with Crippen molar-refractivity contribution in [1.29, 1.82) is 0 Å². The number of esters is 1. The van der Waals surface area contributed by atoms with E-state index in [1.54, 1.807) is 41.8 Å². The number of likely N-dealkylation sites (N-methyl/N-ethyl adjacent to an activating group) is 4. The number of carbonyl (C=O) groups is 5. The third kappa shape index (κ3) is 27.4. The number of nitrogens with one attached hydrogen (secondary N) is 3. The molecular formula is C73H114N10O9S. The first kappa shape index (κ1) is 80.2. The van der Waals surface area contributed by atoms with Crippen LogP contribution in [0.2, 0.25) is 0 Å². The Morgan fingerprint density at radius 2 is 1.32 bits per heavy atom. The Balaban J connectivity index is 0.000000431. The fraction of sp³-hybridized carbons (Fsp3) is 0.548. The summed E-state index contributed by atoms with van der Waals surface area (Å²) in [4.78, 5) is 81.2. The number of fused-ring (bicyclic) bond motifs is 2. The zero-order valence-electron chi connectivity index (χ0n) is 59.2. The Labute approximate surface area is 561 Å². The lowest BCUT2D eigenvalue weighted by Crippen LogP contribution is -2.53. The van der Waals surface area contributed by atoms with E-state index in [1.807, 2.05) is 116 Å². The molecular weight excluding hydrogens is 1190 g/mol. The lowest BCUT2D eigenvalue weighted by molar-refractivity contribution is -0.139. The van der Waals surface area contributed by atoms with Gasteiger partial charge in [0.15, 0.2) is 0 Å². The van der Waals surface area contributed by atoms with Gasteiger partial charge in [-0.2, -0.15) is 0 Å². The van der Waals surface area contributed by atoms with Crippen LogP contribution in [0.5, 0.6) is 11.8 Å². The molecule has 6 aromatic rings. The fourth-order valence-corrected chi connectivity index (χ4v) is 10.4. The third-order valence-corrected chi connectivity index (χ3v) is 17.4. The summed E-state index contributed by atoms with van der Waals surface area (Å²) in [6, 6.07) is 29.7. The number of ether oxygens (including phenoxy) is 3. The number of anilines is 1. The molecule has 3 heterocycles. The van der Waals surface area contributed by atoms with E-state index in [9.17, 15) is 29.1 Å². The predicted molar refractivity (Wildman–Crippen MR) is 383 cm³/mol. The van der Waals surface area contributed by atoms with E-state index in [-0.39, 0.29) is 68.4 Å². The van der Waals surface area contributed by atoms with Crippen molar-refractivity contribution < 1.29 is 44.7 Å². The van der Waals surface area contributed by atoms with E-state index in [0.717, 1.165) is 105 Å². The number of para-hydroxylation sites is 1. The van der Waals surface area contributed by atoms with Crippen LogP contribution in [0.1, 0.15) is 153 Å². The number of hydrogen-bond donors (Lipinski definition) is 4. The van der Waals surface area contributed by atoms with Crippen molar-refractivity contribution in [3.05, 3.63) is 124 Å². The van der Waals surface area contributed by atoms with E-state index in [2.05, 4.69) is 94.8 Å². The zero-order valence-corrected chi connectivity index (χ0v) is 60.0. The summed E-state index contributed by atoms with van der Waals surface area (Å²) >= 11 is 1.27. The molecule has 93 heavy (non-hydrogen) atoms. The zero-order chi connectivity index (χ0) is 69.1. The Morgan fingerprint density at radius 1 is 0.699 bits per heavy atom. The van der Waals surface area contributed by atoms with Crippen molar-refractivity contribution in [2.24, 2.45) is 0 Å². The number of methoxy groups -OCH3 is 1. The van der Waals surface area contributed by atoms with Crippen molar-refractivity contribution >= 4 is 68.3 Å². The van der Waals surface area contributed by atoms with Gasteiger partial charge in [0.1, 0.15) is 11.5 Å². The summed E-state index contributed by atoms with van der Waals surface area (Å²) in [5.41, 5.74) is 4.50. The Morgan fingerprint density at radius 3 is 1.92 bits per heavy atom. The second kappa shape index (κ2) is 42.3. The first-order valence-electron chi connectivity index (χ1n) is 33.2. The molecule has 0 radical (unpaired) electrons. The van der Waals surface area contributed by atoms with Crippen LogP contribution < -0.4 is 25.4 Å². The second-order valence-electron chi connectivity index (χ2n) is 24.7. The van der Waals surface area contributed by atoms with Crippen LogP contribution >= 0.6 is 11.3 Å². The first-order chi connectivity index (χ1) is 44.3. The molecule has 6 rings (SSSR count). The van der Waals surface area contributed by atoms with Gasteiger partial charge in [0, 0.05) is 75.3 Å². The minimum atomic E-state index is -0.428. The van der Waals surface area contributed by atoms with Crippen LogP contribution in [0.4, 0.5) is 5.69 Å². The van der Waals surface area contributed by atoms with E-state index in [4.69, 9.17) is 19.2 Å². The van der Waals surface area contributed by atoms with Crippen molar-refractivity contribution in [1.82, 2.24) is 45.1 Å². The average molecular weight is 1310 g/mol. The molecule has 0 aliphatic carbocycles. The largest absolute Gasteiger partial charge is 0.478 e. The average Bonchev–Trinajstić information content (AvgIpc) is 1.05. The molecule has 3 aromatic heterocycles. The number of nitrogens with zero attached hydrogens (tertiary/aromatic N) is 7. The number of hydrogen-bond acceptors (Lipinski definition) is 16. The van der Waals surface area contributed by atoms with Crippen molar-refractivity contribution in [3.8, 4) is 11.8 Å². The topological polar surface area (TPSA) is 211 Å². The number of rotatable bonds is 34. The molecule has 0 fully saturated rings. The first-order valence-corrected chi connectivity index (χ1v) is 34.0. The van der Waals surface area contributed by atoms with Crippen LogP contribution in [0, 0.1) is 6.92 Å². The highest BCUT2D eigenvalue weighted by Crippen LogP contribution is 2.29. The number of unbranched alkanes of at least 4 members (excludes halogenated alkanes) is 2. The van der Waals surface area contributed by atoms with Gasteiger partial charge in [-0.1, -0.05) is 121 Å². The van der Waals surface area contributed by atoms with Crippen LogP contribution in [0.15, 0.2) is 96.4 Å². The maximum Gasteiger partial charge on any atom is 0.350 e. The number of aryl methyl sites for hydroxylation is 2. The van der Waals surface area contributed by atoms with Crippen LogP contribution in [0.3, 0.4) is 0 Å². The van der Waals surface area contributed by atoms with E-state index < -0.39 is 5.97 Å². The van der Waals surface area contributed by atoms with Gasteiger partial charge in [-0.3, -0.25) is 24.1 Å². The van der Waals surface area contributed by atoms with Gasteiger partial charge in [0.2, 0.25) is 29.5 Å². The Kier molecular flexibility index (Phi) is 36.5. The number of thiophene rings is 1. The summed E-state index contributed by atoms with van der Waals surface area (Å²) in [6.45, 7) is 31.2. The van der Waals surface area contributed by atoms with Gasteiger partial charge >= 0.3 is 5.97 Å². The Hall–Kier alpha value is -7.07. The molecule has 0 saturated carbocycles. The van der Waals surface area contributed by atoms with Gasteiger partial charge in [-0.15, -0.1) is 11.3 Å².